The Bertz CT molecular complexity index is 419. The minimum Gasteiger partial charge on any atom is -0.381 e. The zero-order valence-electron chi connectivity index (χ0n) is 9.31. The van der Waals surface area contributed by atoms with Crippen molar-refractivity contribution in [1.29, 1.82) is 0 Å². The average Bonchev–Trinajstić information content (AvgIpc) is 2.70. The van der Waals surface area contributed by atoms with E-state index in [4.69, 9.17) is 0 Å². The summed E-state index contributed by atoms with van der Waals surface area (Å²) in [4.78, 5) is 2.98. The molecular weight excluding hydrogens is 226 g/mol. The van der Waals surface area contributed by atoms with Gasteiger partial charge in [-0.3, -0.25) is 0 Å². The normalized spacial score (nSPS) is 19.8. The zero-order chi connectivity index (χ0) is 11.6. The van der Waals surface area contributed by atoms with E-state index in [1.54, 1.807) is 4.31 Å². The molecule has 1 aliphatic heterocycles. The second kappa shape index (κ2) is 4.47. The van der Waals surface area contributed by atoms with E-state index < -0.39 is 10.0 Å². The van der Waals surface area contributed by atoms with Gasteiger partial charge in [0.25, 0.3) is 0 Å². The van der Waals surface area contributed by atoms with E-state index in [2.05, 4.69) is 10.3 Å². The van der Waals surface area contributed by atoms with Crippen molar-refractivity contribution >= 4 is 15.7 Å². The maximum atomic E-state index is 11.3. The Labute approximate surface area is 95.9 Å². The third-order valence-electron chi connectivity index (χ3n) is 2.89. The fraction of sp³-hybridized carbons (Fsp3) is 0.600. The Balaban J connectivity index is 1.86. The van der Waals surface area contributed by atoms with E-state index in [1.807, 2.05) is 18.5 Å². The van der Waals surface area contributed by atoms with Gasteiger partial charge in [0.15, 0.2) is 0 Å². The van der Waals surface area contributed by atoms with Gasteiger partial charge < -0.3 is 10.3 Å². The summed E-state index contributed by atoms with van der Waals surface area (Å²) in [5, 5.41) is 3.38. The zero-order valence-corrected chi connectivity index (χ0v) is 10.1. The van der Waals surface area contributed by atoms with Crippen molar-refractivity contribution in [3.63, 3.8) is 0 Å². The molecule has 2 heterocycles. The van der Waals surface area contributed by atoms with E-state index in [-0.39, 0.29) is 0 Å². The Morgan fingerprint density at radius 2 is 2.12 bits per heavy atom. The first kappa shape index (κ1) is 11.5. The molecule has 6 heteroatoms. The molecule has 1 saturated heterocycles. The Kier molecular flexibility index (Phi) is 3.20. The lowest BCUT2D eigenvalue weighted by Crippen LogP contribution is -2.41. The highest BCUT2D eigenvalue weighted by atomic mass is 32.2. The van der Waals surface area contributed by atoms with Crippen LogP contribution in [0.4, 0.5) is 5.69 Å². The largest absolute Gasteiger partial charge is 0.381 e. The fourth-order valence-electron chi connectivity index (χ4n) is 1.98. The summed E-state index contributed by atoms with van der Waals surface area (Å²) in [5.74, 6) is 0. The second-order valence-electron chi connectivity index (χ2n) is 4.18. The molecule has 0 spiro atoms. The van der Waals surface area contributed by atoms with Crippen molar-refractivity contribution < 1.29 is 8.42 Å². The number of hydrogen-bond donors (Lipinski definition) is 2. The highest BCUT2D eigenvalue weighted by Crippen LogP contribution is 2.17. The van der Waals surface area contributed by atoms with Crippen LogP contribution in [0.1, 0.15) is 12.8 Å². The third-order valence-corrected chi connectivity index (χ3v) is 4.19. The first-order valence-corrected chi connectivity index (χ1v) is 7.25. The number of rotatable bonds is 3. The van der Waals surface area contributed by atoms with Gasteiger partial charge in [0.05, 0.1) is 11.9 Å². The maximum Gasteiger partial charge on any atom is 0.211 e. The van der Waals surface area contributed by atoms with Gasteiger partial charge >= 0.3 is 0 Å². The summed E-state index contributed by atoms with van der Waals surface area (Å²) in [6.45, 7) is 1.22. The number of sulfonamides is 1. The van der Waals surface area contributed by atoms with Gasteiger partial charge in [-0.25, -0.2) is 12.7 Å². The number of anilines is 1. The predicted molar refractivity (Wildman–Crippen MR) is 63.9 cm³/mol. The molecule has 1 aromatic rings. The number of hydrogen-bond acceptors (Lipinski definition) is 3. The molecule has 5 nitrogen and oxygen atoms in total. The SMILES string of the molecule is CS(=O)(=O)N1CCC(Nc2cc[nH]c2)CC1. The number of nitrogens with zero attached hydrogens (tertiary/aromatic N) is 1. The van der Waals surface area contributed by atoms with Gasteiger partial charge in [0.2, 0.25) is 10.0 Å². The summed E-state index contributed by atoms with van der Waals surface area (Å²) in [7, 11) is -3.01. The molecule has 2 N–H and O–H groups in total. The van der Waals surface area contributed by atoms with E-state index in [0.717, 1.165) is 18.5 Å². The van der Waals surface area contributed by atoms with E-state index >= 15 is 0 Å². The molecule has 1 aliphatic rings. The number of nitrogens with one attached hydrogen (secondary N) is 2. The first-order valence-electron chi connectivity index (χ1n) is 5.40. The Morgan fingerprint density at radius 3 is 2.62 bits per heavy atom. The molecule has 1 fully saturated rings. The van der Waals surface area contributed by atoms with Crippen LogP contribution in [-0.2, 0) is 10.0 Å². The highest BCUT2D eigenvalue weighted by Gasteiger charge is 2.24. The molecule has 0 atom stereocenters. The van der Waals surface area contributed by atoms with Crippen LogP contribution in [0.25, 0.3) is 0 Å². The molecular formula is C10H17N3O2S. The van der Waals surface area contributed by atoms with Crippen molar-refractivity contribution in [2.24, 2.45) is 0 Å². The van der Waals surface area contributed by atoms with Crippen LogP contribution in [-0.4, -0.2) is 43.1 Å². The van der Waals surface area contributed by atoms with E-state index in [9.17, 15) is 8.42 Å². The smallest absolute Gasteiger partial charge is 0.211 e. The molecule has 0 radical (unpaired) electrons. The average molecular weight is 243 g/mol. The van der Waals surface area contributed by atoms with Crippen LogP contribution < -0.4 is 5.32 Å². The molecule has 0 amide bonds. The predicted octanol–water partition coefficient (Wildman–Crippen LogP) is 0.851. The minimum absolute atomic E-state index is 0.369. The van der Waals surface area contributed by atoms with Crippen LogP contribution in [0.2, 0.25) is 0 Å². The standard InChI is InChI=1S/C10H17N3O2S/c1-16(14,15)13-6-3-9(4-7-13)12-10-2-5-11-8-10/h2,5,8-9,11-12H,3-4,6-7H2,1H3. The first-order chi connectivity index (χ1) is 7.55. The summed E-state index contributed by atoms with van der Waals surface area (Å²) < 4.78 is 24.2. The van der Waals surface area contributed by atoms with Crippen LogP contribution in [0.15, 0.2) is 18.5 Å². The highest BCUT2D eigenvalue weighted by molar-refractivity contribution is 7.88. The van der Waals surface area contributed by atoms with Crippen molar-refractivity contribution in [2.75, 3.05) is 24.7 Å². The lowest BCUT2D eigenvalue weighted by Gasteiger charge is -2.30. The number of H-pyrrole nitrogens is 1. The monoisotopic (exact) mass is 243 g/mol. The number of piperidine rings is 1. The molecule has 90 valence electrons. The summed E-state index contributed by atoms with van der Waals surface area (Å²) in [6, 6.07) is 2.34. The molecule has 0 aromatic carbocycles. The number of aromatic nitrogens is 1. The molecule has 0 aliphatic carbocycles. The Morgan fingerprint density at radius 1 is 1.44 bits per heavy atom. The van der Waals surface area contributed by atoms with E-state index in [0.29, 0.717) is 19.1 Å². The summed E-state index contributed by atoms with van der Waals surface area (Å²) >= 11 is 0. The molecule has 2 rings (SSSR count). The van der Waals surface area contributed by atoms with Crippen molar-refractivity contribution in [3.05, 3.63) is 18.5 Å². The van der Waals surface area contributed by atoms with Gasteiger partial charge in [-0.15, -0.1) is 0 Å². The lowest BCUT2D eigenvalue weighted by molar-refractivity contribution is 0.332. The summed E-state index contributed by atoms with van der Waals surface area (Å²) in [5.41, 5.74) is 1.07. The molecule has 0 bridgehead atoms. The van der Waals surface area contributed by atoms with Gasteiger partial charge in [-0.05, 0) is 18.9 Å². The van der Waals surface area contributed by atoms with Crippen molar-refractivity contribution in [3.8, 4) is 0 Å². The number of aromatic amines is 1. The molecule has 1 aromatic heterocycles. The maximum absolute atomic E-state index is 11.3. The van der Waals surface area contributed by atoms with Crippen molar-refractivity contribution in [2.45, 2.75) is 18.9 Å². The van der Waals surface area contributed by atoms with Crippen LogP contribution >= 0.6 is 0 Å². The topological polar surface area (TPSA) is 65.2 Å². The Hall–Kier alpha value is -1.01. The second-order valence-corrected chi connectivity index (χ2v) is 6.16. The molecule has 0 saturated carbocycles. The fourth-order valence-corrected chi connectivity index (χ4v) is 2.86. The quantitative estimate of drug-likeness (QED) is 0.827. The van der Waals surface area contributed by atoms with Gasteiger partial charge in [0, 0.05) is 31.5 Å². The lowest BCUT2D eigenvalue weighted by atomic mass is 10.1. The van der Waals surface area contributed by atoms with Gasteiger partial charge in [-0.1, -0.05) is 0 Å². The van der Waals surface area contributed by atoms with Gasteiger partial charge in [-0.2, -0.15) is 0 Å². The van der Waals surface area contributed by atoms with Crippen LogP contribution in [0, 0.1) is 0 Å². The minimum atomic E-state index is -3.01. The third kappa shape index (κ3) is 2.76. The van der Waals surface area contributed by atoms with Crippen LogP contribution in [0.3, 0.4) is 0 Å². The summed E-state index contributed by atoms with van der Waals surface area (Å²) in [6.07, 6.45) is 6.76. The van der Waals surface area contributed by atoms with Crippen molar-refractivity contribution in [1.82, 2.24) is 9.29 Å². The van der Waals surface area contributed by atoms with Gasteiger partial charge in [0.1, 0.15) is 0 Å². The van der Waals surface area contributed by atoms with Crippen LogP contribution in [0.5, 0.6) is 0 Å². The molecule has 0 unspecified atom stereocenters. The van der Waals surface area contributed by atoms with E-state index in [1.165, 1.54) is 6.26 Å². The molecule has 16 heavy (non-hydrogen) atoms.